The van der Waals surface area contributed by atoms with Gasteiger partial charge in [0.2, 0.25) is 0 Å². The van der Waals surface area contributed by atoms with Gasteiger partial charge in [-0.15, -0.1) is 0 Å². The van der Waals surface area contributed by atoms with Gasteiger partial charge >= 0.3 is 0 Å². The van der Waals surface area contributed by atoms with Crippen LogP contribution in [0.4, 0.5) is 0 Å². The number of hydrogen-bond acceptors (Lipinski definition) is 2. The van der Waals surface area contributed by atoms with Crippen molar-refractivity contribution in [3.8, 4) is 44.5 Å². The lowest BCUT2D eigenvalue weighted by Crippen LogP contribution is -1.86. The first-order chi connectivity index (χ1) is 29.7. The molecule has 2 heterocycles. The fraction of sp³-hybridized carbons (Fsp3) is 0. The molecule has 0 fully saturated rings. The van der Waals surface area contributed by atoms with E-state index in [-0.39, 0.29) is 0 Å². The Labute approximate surface area is 345 Å². The van der Waals surface area contributed by atoms with Crippen LogP contribution in [0.15, 0.2) is 215 Å². The van der Waals surface area contributed by atoms with Crippen molar-refractivity contribution in [2.45, 2.75) is 0 Å². The molecule has 60 heavy (non-hydrogen) atoms. The van der Waals surface area contributed by atoms with Gasteiger partial charge in [-0.1, -0.05) is 140 Å². The molecule has 0 saturated heterocycles. The lowest BCUT2D eigenvalue weighted by molar-refractivity contribution is 0.664. The minimum absolute atomic E-state index is 0.854. The molecule has 2 aromatic heterocycles. The van der Waals surface area contributed by atoms with Gasteiger partial charge in [-0.3, -0.25) is 0 Å². The third-order valence-corrected chi connectivity index (χ3v) is 12.6. The molecular formula is C58H34O2. The molecule has 0 radical (unpaired) electrons. The van der Waals surface area contributed by atoms with Crippen molar-refractivity contribution in [2.75, 3.05) is 0 Å². The van der Waals surface area contributed by atoms with Gasteiger partial charge in [0.15, 0.2) is 0 Å². The highest BCUT2D eigenvalue weighted by atomic mass is 16.3. The second-order valence-corrected chi connectivity index (χ2v) is 16.1. The SMILES string of the molecule is c1cc(-c2ccc3oc4cc5c(cc4c3c2)oc2ccc(-c3ccc4cc(-c6ccc7ccccc7c6)ccc4c3)cc25)cc(-c2cc3ccccc3c3ccccc23)c1. The highest BCUT2D eigenvalue weighted by Gasteiger charge is 2.16. The van der Waals surface area contributed by atoms with Gasteiger partial charge in [-0.25, -0.2) is 0 Å². The predicted octanol–water partition coefficient (Wildman–Crippen LogP) is 16.8. The zero-order valence-electron chi connectivity index (χ0n) is 32.4. The summed E-state index contributed by atoms with van der Waals surface area (Å²) in [6, 6.07) is 74.7. The van der Waals surface area contributed by atoms with Crippen LogP contribution in [0.2, 0.25) is 0 Å². The van der Waals surface area contributed by atoms with E-state index < -0.39 is 0 Å². The normalized spacial score (nSPS) is 12.0. The molecule has 0 aliphatic rings. The number of furan rings is 2. The van der Waals surface area contributed by atoms with E-state index in [0.29, 0.717) is 0 Å². The molecule has 0 saturated carbocycles. The molecule has 0 bridgehead atoms. The Morgan fingerprint density at radius 2 is 0.633 bits per heavy atom. The van der Waals surface area contributed by atoms with E-state index in [1.54, 1.807) is 0 Å². The number of rotatable bonds is 4. The van der Waals surface area contributed by atoms with E-state index >= 15 is 0 Å². The molecular weight excluding hydrogens is 729 g/mol. The lowest BCUT2D eigenvalue weighted by atomic mass is 9.91. The fourth-order valence-corrected chi connectivity index (χ4v) is 9.54. The Hall–Kier alpha value is -7.94. The molecule has 0 aliphatic heterocycles. The molecule has 11 aromatic carbocycles. The van der Waals surface area contributed by atoms with Crippen LogP contribution >= 0.6 is 0 Å². The van der Waals surface area contributed by atoms with Gasteiger partial charge in [-0.05, 0) is 154 Å². The zero-order chi connectivity index (χ0) is 39.3. The van der Waals surface area contributed by atoms with Crippen LogP contribution in [0.25, 0.3) is 131 Å². The Morgan fingerprint density at radius 3 is 1.27 bits per heavy atom. The molecule has 0 spiro atoms. The van der Waals surface area contributed by atoms with Gasteiger partial charge in [0, 0.05) is 21.5 Å². The maximum Gasteiger partial charge on any atom is 0.136 e. The molecule has 0 unspecified atom stereocenters. The topological polar surface area (TPSA) is 26.3 Å². The van der Waals surface area contributed by atoms with E-state index in [4.69, 9.17) is 8.83 Å². The van der Waals surface area contributed by atoms with Crippen LogP contribution in [-0.2, 0) is 0 Å². The van der Waals surface area contributed by atoms with Crippen LogP contribution < -0.4 is 0 Å². The van der Waals surface area contributed by atoms with Crippen molar-refractivity contribution >= 4 is 87.0 Å². The molecule has 13 aromatic rings. The summed E-state index contributed by atoms with van der Waals surface area (Å²) in [6.07, 6.45) is 0. The Balaban J connectivity index is 0.856. The monoisotopic (exact) mass is 762 g/mol. The van der Waals surface area contributed by atoms with Crippen LogP contribution in [0.5, 0.6) is 0 Å². The van der Waals surface area contributed by atoms with Crippen LogP contribution in [0, 0.1) is 0 Å². The standard InChI is InChI=1S/C58H34O2/c1-2-9-36-26-38(17-16-35(36)8-1)39-18-19-41-28-42(21-20-40(41)27-39)44-23-25-56-52(31-44)54-34-57-53(33-58(54)60-56)51-30-43(22-24-55(51)59-57)37-11-7-12-45(29-37)50-32-46-10-3-4-13-47(46)48-14-5-6-15-49(48)50/h1-34H. The summed E-state index contributed by atoms with van der Waals surface area (Å²) in [7, 11) is 0. The van der Waals surface area contributed by atoms with Crippen molar-refractivity contribution < 1.29 is 8.83 Å². The predicted molar refractivity (Wildman–Crippen MR) is 253 cm³/mol. The zero-order valence-corrected chi connectivity index (χ0v) is 32.4. The summed E-state index contributed by atoms with van der Waals surface area (Å²) in [5.74, 6) is 0. The van der Waals surface area contributed by atoms with Crippen molar-refractivity contribution in [2.24, 2.45) is 0 Å². The summed E-state index contributed by atoms with van der Waals surface area (Å²) in [4.78, 5) is 0. The average Bonchev–Trinajstić information content (AvgIpc) is 3.86. The quantitative estimate of drug-likeness (QED) is 0.167. The lowest BCUT2D eigenvalue weighted by Gasteiger charge is -2.12. The number of benzene rings is 11. The molecule has 278 valence electrons. The third kappa shape index (κ3) is 5.21. The average molecular weight is 763 g/mol. The van der Waals surface area contributed by atoms with Gasteiger partial charge in [0.1, 0.15) is 22.3 Å². The van der Waals surface area contributed by atoms with E-state index in [2.05, 4.69) is 206 Å². The Kier molecular flexibility index (Phi) is 7.05. The molecule has 2 nitrogen and oxygen atoms in total. The third-order valence-electron chi connectivity index (χ3n) is 12.6. The first kappa shape index (κ1) is 33.1. The summed E-state index contributed by atoms with van der Waals surface area (Å²) in [6.45, 7) is 0. The van der Waals surface area contributed by atoms with Crippen molar-refractivity contribution in [3.63, 3.8) is 0 Å². The first-order valence-electron chi connectivity index (χ1n) is 20.5. The second-order valence-electron chi connectivity index (χ2n) is 16.1. The molecule has 0 atom stereocenters. The summed E-state index contributed by atoms with van der Waals surface area (Å²) >= 11 is 0. The van der Waals surface area contributed by atoms with Crippen molar-refractivity contribution in [3.05, 3.63) is 206 Å². The van der Waals surface area contributed by atoms with E-state index in [9.17, 15) is 0 Å². The molecule has 13 rings (SSSR count). The van der Waals surface area contributed by atoms with Gasteiger partial charge in [0.05, 0.1) is 0 Å². The largest absolute Gasteiger partial charge is 0.456 e. The van der Waals surface area contributed by atoms with Gasteiger partial charge in [0.25, 0.3) is 0 Å². The van der Waals surface area contributed by atoms with E-state index in [1.807, 2.05) is 0 Å². The Bertz CT molecular complexity index is 3900. The van der Waals surface area contributed by atoms with Gasteiger partial charge < -0.3 is 8.83 Å². The van der Waals surface area contributed by atoms with Crippen LogP contribution in [0.3, 0.4) is 0 Å². The minimum Gasteiger partial charge on any atom is -0.456 e. The highest BCUT2D eigenvalue weighted by molar-refractivity contribution is 6.16. The highest BCUT2D eigenvalue weighted by Crippen LogP contribution is 2.41. The van der Waals surface area contributed by atoms with Crippen LogP contribution in [-0.4, -0.2) is 0 Å². The van der Waals surface area contributed by atoms with Crippen molar-refractivity contribution in [1.29, 1.82) is 0 Å². The smallest absolute Gasteiger partial charge is 0.136 e. The van der Waals surface area contributed by atoms with E-state index in [0.717, 1.165) is 60.6 Å². The molecule has 0 aliphatic carbocycles. The molecule has 0 N–H and O–H groups in total. The van der Waals surface area contributed by atoms with Crippen molar-refractivity contribution in [1.82, 2.24) is 0 Å². The first-order valence-corrected chi connectivity index (χ1v) is 20.5. The van der Waals surface area contributed by atoms with E-state index in [1.165, 1.54) is 70.9 Å². The molecule has 0 amide bonds. The summed E-state index contributed by atoms with van der Waals surface area (Å²) in [5.41, 5.74) is 13.0. The fourth-order valence-electron chi connectivity index (χ4n) is 9.54. The maximum absolute atomic E-state index is 6.54. The minimum atomic E-state index is 0.854. The number of hydrogen-bond donors (Lipinski definition) is 0. The van der Waals surface area contributed by atoms with Gasteiger partial charge in [-0.2, -0.15) is 0 Å². The Morgan fingerprint density at radius 1 is 0.200 bits per heavy atom. The summed E-state index contributed by atoms with van der Waals surface area (Å²) < 4.78 is 13.1. The summed E-state index contributed by atoms with van der Waals surface area (Å²) in [5, 5.41) is 14.3. The molecule has 2 heteroatoms. The second kappa shape index (κ2) is 12.8. The number of fused-ring (bicyclic) bond motifs is 11. The van der Waals surface area contributed by atoms with Crippen LogP contribution in [0.1, 0.15) is 0 Å². The maximum atomic E-state index is 6.54.